The van der Waals surface area contributed by atoms with E-state index in [1.807, 2.05) is 0 Å². The number of aliphatic hydroxyl groups excluding tert-OH is 1. The molecule has 398 valence electrons. The maximum absolute atomic E-state index is 12.6. The second-order valence-electron chi connectivity index (χ2n) is 20.0. The van der Waals surface area contributed by atoms with Crippen LogP contribution in [0.2, 0.25) is 0 Å². The monoisotopic (exact) mass is 951 g/mol. The van der Waals surface area contributed by atoms with E-state index in [0.717, 1.165) is 116 Å². The van der Waals surface area contributed by atoms with E-state index in [4.69, 9.17) is 14.2 Å². The number of rotatable bonds is 56. The third-order valence-corrected chi connectivity index (χ3v) is 13.4. The molecule has 0 spiro atoms. The Bertz CT molecular complexity index is 983. The van der Waals surface area contributed by atoms with Crippen molar-refractivity contribution in [1.82, 2.24) is 9.80 Å². The summed E-state index contributed by atoms with van der Waals surface area (Å²) < 4.78 is 16.8. The van der Waals surface area contributed by atoms with E-state index in [9.17, 15) is 19.5 Å². The molecule has 0 aliphatic rings. The Hall–Kier alpha value is -1.71. The Kier molecular flexibility index (Phi) is 53.8. The fourth-order valence-corrected chi connectivity index (χ4v) is 9.05. The lowest BCUT2D eigenvalue weighted by atomic mass is 10.1. The van der Waals surface area contributed by atoms with Crippen LogP contribution in [-0.2, 0) is 28.6 Å². The van der Waals surface area contributed by atoms with Crippen molar-refractivity contribution in [3.63, 3.8) is 0 Å². The maximum Gasteiger partial charge on any atom is 0.305 e. The molecule has 0 atom stereocenters. The van der Waals surface area contributed by atoms with Gasteiger partial charge in [-0.05, 0) is 97.1 Å². The molecule has 0 amide bonds. The largest absolute Gasteiger partial charge is 0.466 e. The van der Waals surface area contributed by atoms with Gasteiger partial charge in [-0.1, -0.05) is 213 Å². The van der Waals surface area contributed by atoms with Crippen LogP contribution in [0.25, 0.3) is 0 Å². The third-order valence-electron chi connectivity index (χ3n) is 13.4. The number of nitrogens with zero attached hydrogens (tertiary/aromatic N) is 2. The molecule has 0 bridgehead atoms. The molecule has 0 unspecified atom stereocenters. The van der Waals surface area contributed by atoms with E-state index in [0.29, 0.717) is 39.1 Å². The van der Waals surface area contributed by atoms with E-state index in [2.05, 4.69) is 30.6 Å². The molecule has 0 heterocycles. The van der Waals surface area contributed by atoms with Gasteiger partial charge in [0, 0.05) is 25.9 Å². The molecule has 0 saturated heterocycles. The van der Waals surface area contributed by atoms with Crippen LogP contribution in [0.15, 0.2) is 0 Å². The number of carbonyl (C=O) groups excluding carboxylic acids is 3. The second kappa shape index (κ2) is 55.2. The van der Waals surface area contributed by atoms with Gasteiger partial charge in [0.1, 0.15) is 0 Å². The molecule has 0 saturated carbocycles. The van der Waals surface area contributed by atoms with Crippen molar-refractivity contribution in [1.29, 1.82) is 0 Å². The van der Waals surface area contributed by atoms with Crippen molar-refractivity contribution in [2.45, 2.75) is 290 Å². The molecule has 1 N–H and O–H groups in total. The van der Waals surface area contributed by atoms with Gasteiger partial charge in [-0.15, -0.1) is 0 Å². The topological polar surface area (TPSA) is 106 Å². The zero-order valence-corrected chi connectivity index (χ0v) is 45.1. The minimum absolute atomic E-state index is 0.0942. The highest BCUT2D eigenvalue weighted by atomic mass is 16.5. The summed E-state index contributed by atoms with van der Waals surface area (Å²) in [6.07, 6.45) is 48.3. The van der Waals surface area contributed by atoms with Crippen LogP contribution < -0.4 is 0 Å². The van der Waals surface area contributed by atoms with Crippen LogP contribution >= 0.6 is 0 Å². The molecule has 67 heavy (non-hydrogen) atoms. The van der Waals surface area contributed by atoms with E-state index in [1.54, 1.807) is 0 Å². The predicted octanol–water partition coefficient (Wildman–Crippen LogP) is 15.7. The quantitative estimate of drug-likeness (QED) is 0.0362. The highest BCUT2D eigenvalue weighted by Gasteiger charge is 2.13. The van der Waals surface area contributed by atoms with E-state index < -0.39 is 0 Å². The molecule has 9 nitrogen and oxygen atoms in total. The Labute approximate surface area is 416 Å². The van der Waals surface area contributed by atoms with Crippen LogP contribution in [0.5, 0.6) is 0 Å². The molecule has 9 heteroatoms. The van der Waals surface area contributed by atoms with Gasteiger partial charge in [-0.3, -0.25) is 14.4 Å². The highest BCUT2D eigenvalue weighted by molar-refractivity contribution is 5.70. The number of unbranched alkanes of at least 4 members (excludes halogenated alkanes) is 31. The van der Waals surface area contributed by atoms with E-state index >= 15 is 0 Å². The summed E-state index contributed by atoms with van der Waals surface area (Å²) in [4.78, 5) is 42.7. The molecule has 0 aliphatic heterocycles. The summed E-state index contributed by atoms with van der Waals surface area (Å²) in [5.74, 6) is -0.306. The molecular formula is C58H114N2O7. The lowest BCUT2D eigenvalue weighted by molar-refractivity contribution is -0.145. The van der Waals surface area contributed by atoms with E-state index in [1.165, 1.54) is 173 Å². The minimum Gasteiger partial charge on any atom is -0.466 e. The number of ether oxygens (including phenoxy) is 3. The van der Waals surface area contributed by atoms with Crippen molar-refractivity contribution in [3.8, 4) is 0 Å². The molecule has 0 fully saturated rings. The van der Waals surface area contributed by atoms with Crippen molar-refractivity contribution in [2.24, 2.45) is 0 Å². The molecule has 0 aromatic rings. The summed E-state index contributed by atoms with van der Waals surface area (Å²) in [7, 11) is 0. The third kappa shape index (κ3) is 52.0. The van der Waals surface area contributed by atoms with Gasteiger partial charge in [0.2, 0.25) is 0 Å². The number of hydrogen-bond donors (Lipinski definition) is 1. The highest BCUT2D eigenvalue weighted by Crippen LogP contribution is 2.15. The molecule has 0 radical (unpaired) electrons. The van der Waals surface area contributed by atoms with Crippen LogP contribution in [0.4, 0.5) is 0 Å². The van der Waals surface area contributed by atoms with Crippen molar-refractivity contribution >= 4 is 17.9 Å². The maximum atomic E-state index is 12.6. The lowest BCUT2D eigenvalue weighted by Crippen LogP contribution is -2.33. The summed E-state index contributed by atoms with van der Waals surface area (Å²) in [5.41, 5.74) is 0. The molecule has 0 aromatic heterocycles. The zero-order valence-electron chi connectivity index (χ0n) is 45.1. The fraction of sp³-hybridized carbons (Fsp3) is 0.948. The Morgan fingerprint density at radius 2 is 0.507 bits per heavy atom. The summed E-state index contributed by atoms with van der Waals surface area (Å²) >= 11 is 0. The van der Waals surface area contributed by atoms with Crippen LogP contribution in [0, 0.1) is 0 Å². The Morgan fingerprint density at radius 3 is 0.761 bits per heavy atom. The Balaban J connectivity index is 4.67. The molecule has 0 aliphatic carbocycles. The second-order valence-corrected chi connectivity index (χ2v) is 20.0. The Morgan fingerprint density at radius 1 is 0.284 bits per heavy atom. The van der Waals surface area contributed by atoms with E-state index in [-0.39, 0.29) is 24.5 Å². The van der Waals surface area contributed by atoms with Crippen LogP contribution in [-0.4, -0.2) is 98.5 Å². The van der Waals surface area contributed by atoms with Crippen molar-refractivity contribution < 1.29 is 33.7 Å². The first-order valence-corrected chi connectivity index (χ1v) is 29.5. The number of carbonyl (C=O) groups is 3. The van der Waals surface area contributed by atoms with Crippen LogP contribution in [0.3, 0.4) is 0 Å². The zero-order chi connectivity index (χ0) is 48.8. The first-order valence-electron chi connectivity index (χ1n) is 29.5. The smallest absolute Gasteiger partial charge is 0.305 e. The molecular weight excluding hydrogens is 837 g/mol. The average molecular weight is 952 g/mol. The fourth-order valence-electron chi connectivity index (χ4n) is 9.05. The van der Waals surface area contributed by atoms with Gasteiger partial charge in [0.05, 0.1) is 19.8 Å². The average Bonchev–Trinajstić information content (AvgIpc) is 3.32. The van der Waals surface area contributed by atoms with Gasteiger partial charge in [-0.2, -0.15) is 0 Å². The van der Waals surface area contributed by atoms with Crippen LogP contribution in [0.1, 0.15) is 290 Å². The first kappa shape index (κ1) is 65.3. The summed E-state index contributed by atoms with van der Waals surface area (Å²) in [6, 6.07) is 0. The van der Waals surface area contributed by atoms with Gasteiger partial charge in [0.15, 0.2) is 0 Å². The minimum atomic E-state index is -0.106. The summed E-state index contributed by atoms with van der Waals surface area (Å²) in [6.45, 7) is 13.6. The predicted molar refractivity (Wildman–Crippen MR) is 284 cm³/mol. The normalized spacial score (nSPS) is 11.6. The lowest BCUT2D eigenvalue weighted by Gasteiger charge is -2.26. The molecule has 0 aromatic carbocycles. The number of aliphatic hydroxyl groups is 1. The van der Waals surface area contributed by atoms with Gasteiger partial charge in [-0.25, -0.2) is 0 Å². The van der Waals surface area contributed by atoms with Crippen molar-refractivity contribution in [3.05, 3.63) is 0 Å². The van der Waals surface area contributed by atoms with Gasteiger partial charge >= 0.3 is 17.9 Å². The first-order chi connectivity index (χ1) is 33.0. The SMILES string of the molecule is CCCCCCCCCCCCCOC(=O)CCCN(CCCCO)CCCN(CCCC(=O)OCCCCCCCCCCCCC)CCCC(=O)OCCCCCCCCCCCCC. The number of hydrogen-bond acceptors (Lipinski definition) is 9. The van der Waals surface area contributed by atoms with Gasteiger partial charge < -0.3 is 29.1 Å². The summed E-state index contributed by atoms with van der Waals surface area (Å²) in [5, 5.41) is 9.45. The molecule has 0 rings (SSSR count). The standard InChI is InChI=1S/C58H114N2O7/c1-4-7-10-13-16-19-22-25-28-31-36-53-65-56(62)43-39-47-59(46-34-35-52-61)50-42-51-60(48-40-44-57(63)66-54-37-32-29-26-23-20-17-14-11-8-5-2)49-41-45-58(64)67-55-38-33-30-27-24-21-18-15-12-9-6-3/h61H,4-55H2,1-3H3. The van der Waals surface area contributed by atoms with Gasteiger partial charge in [0.25, 0.3) is 0 Å². The van der Waals surface area contributed by atoms with Crippen molar-refractivity contribution in [2.75, 3.05) is 65.7 Å². The number of esters is 3.